The van der Waals surface area contributed by atoms with E-state index in [1.54, 1.807) is 18.2 Å². The van der Waals surface area contributed by atoms with Crippen LogP contribution >= 0.6 is 0 Å². The number of rotatable bonds is 8. The second-order valence-corrected chi connectivity index (χ2v) is 5.80. The maximum atomic E-state index is 12.4. The summed E-state index contributed by atoms with van der Waals surface area (Å²) < 4.78 is 15.2. The number of hydrogen-bond acceptors (Lipinski definition) is 6. The number of aliphatic carboxylic acids is 1. The summed E-state index contributed by atoms with van der Waals surface area (Å²) in [5.41, 5.74) is 0.528. The molecule has 2 N–H and O–H groups in total. The maximum Gasteiger partial charge on any atom is 0.328 e. The summed E-state index contributed by atoms with van der Waals surface area (Å²) in [6, 6.07) is 3.86. The molecule has 0 aliphatic carbocycles. The lowest BCUT2D eigenvalue weighted by molar-refractivity contribution is -0.143. The Morgan fingerprint density at radius 2 is 2.04 bits per heavy atom. The molecule has 0 saturated carbocycles. The van der Waals surface area contributed by atoms with Crippen LogP contribution in [-0.4, -0.2) is 63.4 Å². The van der Waals surface area contributed by atoms with Gasteiger partial charge in [-0.1, -0.05) is 0 Å². The quantitative estimate of drug-likeness (QED) is 0.679. The maximum absolute atomic E-state index is 12.4. The van der Waals surface area contributed by atoms with E-state index in [1.807, 2.05) is 0 Å². The first-order valence-electron chi connectivity index (χ1n) is 7.95. The standard InChI is InChI=1S/C17H22N2O7/c1-24-9-12(17(22)23)18-16(21)10-6-15(20)19(8-10)13-5-4-11(25-2)7-14(13)26-3/h4-5,7,10,12H,6,8-9H2,1-3H3,(H,18,21)(H,22,23). The summed E-state index contributed by atoms with van der Waals surface area (Å²) in [5.74, 6) is -1.58. The van der Waals surface area contributed by atoms with Crippen molar-refractivity contribution in [2.45, 2.75) is 12.5 Å². The number of benzene rings is 1. The van der Waals surface area contributed by atoms with Gasteiger partial charge < -0.3 is 29.5 Å². The number of ether oxygens (including phenoxy) is 3. The van der Waals surface area contributed by atoms with Gasteiger partial charge in [0.2, 0.25) is 11.8 Å². The van der Waals surface area contributed by atoms with E-state index in [4.69, 9.17) is 19.3 Å². The highest BCUT2D eigenvalue weighted by molar-refractivity contribution is 6.01. The minimum atomic E-state index is -1.20. The Morgan fingerprint density at radius 3 is 2.62 bits per heavy atom. The van der Waals surface area contributed by atoms with Crippen LogP contribution in [0.1, 0.15) is 6.42 Å². The lowest BCUT2D eigenvalue weighted by Gasteiger charge is -2.20. The summed E-state index contributed by atoms with van der Waals surface area (Å²) >= 11 is 0. The van der Waals surface area contributed by atoms with Crippen LogP contribution in [0.25, 0.3) is 0 Å². The van der Waals surface area contributed by atoms with Crippen molar-refractivity contribution in [3.8, 4) is 11.5 Å². The number of carbonyl (C=O) groups excluding carboxylic acids is 2. The molecule has 2 unspecified atom stereocenters. The first kappa shape index (κ1) is 19.5. The summed E-state index contributed by atoms with van der Waals surface area (Å²) in [6.07, 6.45) is -0.0136. The Balaban J connectivity index is 2.13. The third-order valence-corrected chi connectivity index (χ3v) is 4.12. The Bertz CT molecular complexity index is 692. The number of nitrogens with zero attached hydrogens (tertiary/aromatic N) is 1. The first-order valence-corrected chi connectivity index (χ1v) is 7.95. The molecule has 0 radical (unpaired) electrons. The van der Waals surface area contributed by atoms with Crippen molar-refractivity contribution in [2.75, 3.05) is 39.4 Å². The summed E-state index contributed by atoms with van der Waals surface area (Å²) in [5, 5.41) is 11.5. The summed E-state index contributed by atoms with van der Waals surface area (Å²) in [6.45, 7) is -0.0234. The molecule has 0 bridgehead atoms. The number of anilines is 1. The van der Waals surface area contributed by atoms with Gasteiger partial charge in [0.15, 0.2) is 6.04 Å². The van der Waals surface area contributed by atoms with Crippen molar-refractivity contribution < 1.29 is 33.7 Å². The molecule has 1 aliphatic heterocycles. The monoisotopic (exact) mass is 366 g/mol. The van der Waals surface area contributed by atoms with Gasteiger partial charge in [-0.3, -0.25) is 9.59 Å². The van der Waals surface area contributed by atoms with Crippen molar-refractivity contribution in [3.63, 3.8) is 0 Å². The number of carboxylic acid groups (broad SMARTS) is 1. The van der Waals surface area contributed by atoms with Gasteiger partial charge >= 0.3 is 5.97 Å². The van der Waals surface area contributed by atoms with Crippen LogP contribution in [0.4, 0.5) is 5.69 Å². The Hall–Kier alpha value is -2.81. The molecule has 2 amide bonds. The van der Waals surface area contributed by atoms with Crippen molar-refractivity contribution in [2.24, 2.45) is 5.92 Å². The zero-order valence-corrected chi connectivity index (χ0v) is 14.9. The minimum absolute atomic E-state index is 0.0136. The van der Waals surface area contributed by atoms with Crippen LogP contribution < -0.4 is 19.7 Å². The number of hydrogen-bond donors (Lipinski definition) is 2. The van der Waals surface area contributed by atoms with Crippen LogP contribution in [0.2, 0.25) is 0 Å². The van der Waals surface area contributed by atoms with Gasteiger partial charge in [0.05, 0.1) is 32.4 Å². The van der Waals surface area contributed by atoms with E-state index in [2.05, 4.69) is 5.32 Å². The fourth-order valence-corrected chi connectivity index (χ4v) is 2.75. The Labute approximate surface area is 150 Å². The second-order valence-electron chi connectivity index (χ2n) is 5.80. The zero-order valence-electron chi connectivity index (χ0n) is 14.9. The second kappa shape index (κ2) is 8.52. The van der Waals surface area contributed by atoms with E-state index in [0.717, 1.165) is 0 Å². The third kappa shape index (κ3) is 4.23. The van der Waals surface area contributed by atoms with Gasteiger partial charge in [0.1, 0.15) is 11.5 Å². The van der Waals surface area contributed by atoms with Gasteiger partial charge in [0, 0.05) is 26.1 Å². The average molecular weight is 366 g/mol. The predicted octanol–water partition coefficient (Wildman–Crippen LogP) is 0.273. The molecule has 9 heteroatoms. The molecular weight excluding hydrogens is 344 g/mol. The molecular formula is C17H22N2O7. The zero-order chi connectivity index (χ0) is 19.3. The molecule has 26 heavy (non-hydrogen) atoms. The lowest BCUT2D eigenvalue weighted by Crippen LogP contribution is -2.46. The topological polar surface area (TPSA) is 114 Å². The normalized spacial score (nSPS) is 17.7. The highest BCUT2D eigenvalue weighted by Crippen LogP contribution is 2.35. The largest absolute Gasteiger partial charge is 0.497 e. The Kier molecular flexibility index (Phi) is 6.40. The van der Waals surface area contributed by atoms with Crippen molar-refractivity contribution in [1.29, 1.82) is 0 Å². The lowest BCUT2D eigenvalue weighted by atomic mass is 10.1. The van der Waals surface area contributed by atoms with Crippen molar-refractivity contribution in [3.05, 3.63) is 18.2 Å². The highest BCUT2D eigenvalue weighted by Gasteiger charge is 2.37. The van der Waals surface area contributed by atoms with Crippen molar-refractivity contribution in [1.82, 2.24) is 5.32 Å². The molecule has 1 heterocycles. The number of methoxy groups -OCH3 is 3. The SMILES string of the molecule is COCC(NC(=O)C1CC(=O)N(c2ccc(OC)cc2OC)C1)C(=O)O. The van der Waals surface area contributed by atoms with E-state index < -0.39 is 23.8 Å². The molecule has 1 aliphatic rings. The molecule has 0 spiro atoms. The van der Waals surface area contributed by atoms with Crippen LogP contribution in [0.3, 0.4) is 0 Å². The molecule has 2 atom stereocenters. The molecule has 1 fully saturated rings. The fourth-order valence-electron chi connectivity index (χ4n) is 2.75. The van der Waals surface area contributed by atoms with Crippen LogP contribution in [0.5, 0.6) is 11.5 Å². The molecule has 1 aromatic rings. The molecule has 142 valence electrons. The highest BCUT2D eigenvalue weighted by atomic mass is 16.5. The van der Waals surface area contributed by atoms with E-state index in [1.165, 1.54) is 26.2 Å². The molecule has 1 aromatic carbocycles. The predicted molar refractivity (Wildman–Crippen MR) is 91.4 cm³/mol. The van der Waals surface area contributed by atoms with Gasteiger partial charge in [-0.2, -0.15) is 0 Å². The third-order valence-electron chi connectivity index (χ3n) is 4.12. The minimum Gasteiger partial charge on any atom is -0.497 e. The van der Waals surface area contributed by atoms with Gasteiger partial charge in [0.25, 0.3) is 0 Å². The Morgan fingerprint density at radius 1 is 1.31 bits per heavy atom. The number of amides is 2. The van der Waals surface area contributed by atoms with Crippen LogP contribution in [-0.2, 0) is 19.1 Å². The molecule has 9 nitrogen and oxygen atoms in total. The first-order chi connectivity index (χ1) is 12.4. The van der Waals surface area contributed by atoms with Gasteiger partial charge in [-0.15, -0.1) is 0 Å². The summed E-state index contributed by atoms with van der Waals surface area (Å²) in [4.78, 5) is 37.3. The molecule has 0 aromatic heterocycles. The van der Waals surface area contributed by atoms with Gasteiger partial charge in [-0.25, -0.2) is 4.79 Å². The smallest absolute Gasteiger partial charge is 0.328 e. The summed E-state index contributed by atoms with van der Waals surface area (Å²) in [7, 11) is 4.35. The fraction of sp³-hybridized carbons (Fsp3) is 0.471. The van der Waals surface area contributed by atoms with Crippen LogP contribution in [0.15, 0.2) is 18.2 Å². The number of carbonyl (C=O) groups is 3. The van der Waals surface area contributed by atoms with Crippen molar-refractivity contribution >= 4 is 23.5 Å². The number of carboxylic acids is 1. The van der Waals surface area contributed by atoms with E-state index in [-0.39, 0.29) is 25.5 Å². The van der Waals surface area contributed by atoms with E-state index >= 15 is 0 Å². The van der Waals surface area contributed by atoms with Gasteiger partial charge in [-0.05, 0) is 12.1 Å². The number of nitrogens with one attached hydrogen (secondary N) is 1. The van der Waals surface area contributed by atoms with E-state index in [0.29, 0.717) is 17.2 Å². The molecule has 2 rings (SSSR count). The van der Waals surface area contributed by atoms with Crippen LogP contribution in [0, 0.1) is 5.92 Å². The average Bonchev–Trinajstić information content (AvgIpc) is 3.02. The molecule has 1 saturated heterocycles. The van der Waals surface area contributed by atoms with E-state index in [9.17, 15) is 14.4 Å².